The first-order chi connectivity index (χ1) is 10.3. The number of amides is 1. The van der Waals surface area contributed by atoms with Crippen molar-refractivity contribution in [2.75, 3.05) is 59.2 Å². The molecule has 5 heteroatoms. The lowest BCUT2D eigenvalue weighted by molar-refractivity contribution is -0.140. The van der Waals surface area contributed by atoms with E-state index in [1.54, 1.807) is 0 Å². The highest BCUT2D eigenvalue weighted by Gasteiger charge is 2.30. The van der Waals surface area contributed by atoms with E-state index in [0.717, 1.165) is 78.4 Å². The first-order valence-electron chi connectivity index (χ1n) is 8.49. The highest BCUT2D eigenvalue weighted by atomic mass is 16.5. The molecule has 0 aromatic heterocycles. The lowest BCUT2D eigenvalue weighted by atomic mass is 9.93. The van der Waals surface area contributed by atoms with E-state index in [0.29, 0.717) is 11.8 Å². The molecule has 3 aliphatic rings. The van der Waals surface area contributed by atoms with Gasteiger partial charge in [-0.15, -0.1) is 0 Å². The maximum Gasteiger partial charge on any atom is 0.225 e. The van der Waals surface area contributed by atoms with E-state index in [-0.39, 0.29) is 5.92 Å². The third kappa shape index (κ3) is 4.18. The summed E-state index contributed by atoms with van der Waals surface area (Å²) in [4.78, 5) is 17.3. The fourth-order valence-corrected chi connectivity index (χ4v) is 3.77. The molecule has 0 unspecified atom stereocenters. The van der Waals surface area contributed by atoms with Gasteiger partial charge in [-0.1, -0.05) is 0 Å². The summed E-state index contributed by atoms with van der Waals surface area (Å²) in [5.74, 6) is 1.23. The zero-order chi connectivity index (χ0) is 14.5. The average Bonchev–Trinajstić information content (AvgIpc) is 2.56. The average molecular weight is 296 g/mol. The quantitative estimate of drug-likeness (QED) is 0.779. The Hall–Kier alpha value is -0.650. The van der Waals surface area contributed by atoms with Crippen LogP contribution in [0.4, 0.5) is 0 Å². The number of rotatable bonds is 3. The van der Waals surface area contributed by atoms with E-state index < -0.39 is 0 Å². The molecule has 0 spiro atoms. The summed E-state index contributed by atoms with van der Waals surface area (Å²) in [5.41, 5.74) is 0. The summed E-state index contributed by atoms with van der Waals surface area (Å²) in [6.45, 7) is 8.34. The molecule has 0 N–H and O–H groups in total. The van der Waals surface area contributed by atoms with E-state index in [2.05, 4.69) is 9.80 Å². The van der Waals surface area contributed by atoms with Gasteiger partial charge in [0.1, 0.15) is 0 Å². The lowest BCUT2D eigenvalue weighted by Crippen LogP contribution is -2.48. The van der Waals surface area contributed by atoms with Gasteiger partial charge in [0.25, 0.3) is 0 Å². The standard InChI is InChI=1S/C16H28N2O3/c19-16(15-3-8-20-9-4-15)18-5-1-2-14(13-18)12-17-6-10-21-11-7-17/h14-15H,1-13H2/t14-/m0/s1. The molecule has 1 atom stereocenters. The van der Waals surface area contributed by atoms with E-state index in [1.165, 1.54) is 6.42 Å². The summed E-state index contributed by atoms with van der Waals surface area (Å²) in [5, 5.41) is 0. The van der Waals surface area contributed by atoms with Crippen molar-refractivity contribution in [3.05, 3.63) is 0 Å². The van der Waals surface area contributed by atoms with Gasteiger partial charge in [0, 0.05) is 51.9 Å². The molecule has 0 aromatic carbocycles. The zero-order valence-electron chi connectivity index (χ0n) is 13.0. The molecule has 3 aliphatic heterocycles. The number of nitrogens with zero attached hydrogens (tertiary/aromatic N) is 2. The molecule has 0 bridgehead atoms. The van der Waals surface area contributed by atoms with Gasteiger partial charge in [-0.05, 0) is 31.6 Å². The van der Waals surface area contributed by atoms with Crippen LogP contribution in [0, 0.1) is 11.8 Å². The van der Waals surface area contributed by atoms with Crippen molar-refractivity contribution in [2.45, 2.75) is 25.7 Å². The number of morpholine rings is 1. The Bertz CT molecular complexity index is 338. The number of piperidine rings is 1. The summed E-state index contributed by atoms with van der Waals surface area (Å²) in [7, 11) is 0. The van der Waals surface area contributed by atoms with Crippen LogP contribution in [0.1, 0.15) is 25.7 Å². The Labute approximate surface area is 127 Å². The molecule has 3 rings (SSSR count). The minimum atomic E-state index is 0.209. The predicted molar refractivity (Wildman–Crippen MR) is 80.1 cm³/mol. The van der Waals surface area contributed by atoms with E-state index in [1.807, 2.05) is 0 Å². The molecule has 0 aliphatic carbocycles. The second-order valence-corrected chi connectivity index (χ2v) is 6.59. The minimum Gasteiger partial charge on any atom is -0.381 e. The largest absolute Gasteiger partial charge is 0.381 e. The van der Waals surface area contributed by atoms with Gasteiger partial charge >= 0.3 is 0 Å². The Morgan fingerprint density at radius 3 is 2.43 bits per heavy atom. The summed E-state index contributed by atoms with van der Waals surface area (Å²) in [6, 6.07) is 0. The fraction of sp³-hybridized carbons (Fsp3) is 0.938. The Morgan fingerprint density at radius 1 is 0.952 bits per heavy atom. The van der Waals surface area contributed by atoms with Crippen LogP contribution in [-0.4, -0.2) is 74.9 Å². The van der Waals surface area contributed by atoms with Crippen LogP contribution < -0.4 is 0 Å². The molecule has 0 aromatic rings. The lowest BCUT2D eigenvalue weighted by Gasteiger charge is -2.38. The number of hydrogen-bond donors (Lipinski definition) is 0. The molecule has 3 saturated heterocycles. The number of carbonyl (C=O) groups is 1. The van der Waals surface area contributed by atoms with Crippen LogP contribution in [-0.2, 0) is 14.3 Å². The molecule has 0 saturated carbocycles. The van der Waals surface area contributed by atoms with Gasteiger partial charge in [-0.2, -0.15) is 0 Å². The summed E-state index contributed by atoms with van der Waals surface area (Å²) >= 11 is 0. The monoisotopic (exact) mass is 296 g/mol. The van der Waals surface area contributed by atoms with Gasteiger partial charge < -0.3 is 14.4 Å². The fourth-order valence-electron chi connectivity index (χ4n) is 3.77. The van der Waals surface area contributed by atoms with E-state index >= 15 is 0 Å². The normalized spacial score (nSPS) is 29.5. The van der Waals surface area contributed by atoms with Gasteiger partial charge in [-0.25, -0.2) is 0 Å². The second kappa shape index (κ2) is 7.56. The van der Waals surface area contributed by atoms with Crippen molar-refractivity contribution in [3.63, 3.8) is 0 Å². The first kappa shape index (κ1) is 15.3. The van der Waals surface area contributed by atoms with Crippen molar-refractivity contribution in [1.82, 2.24) is 9.80 Å². The van der Waals surface area contributed by atoms with Crippen LogP contribution in [0.3, 0.4) is 0 Å². The van der Waals surface area contributed by atoms with Crippen LogP contribution in [0.15, 0.2) is 0 Å². The van der Waals surface area contributed by atoms with Gasteiger partial charge in [-0.3, -0.25) is 9.69 Å². The molecule has 0 radical (unpaired) electrons. The predicted octanol–water partition coefficient (Wildman–Crippen LogP) is 0.984. The van der Waals surface area contributed by atoms with Crippen LogP contribution in [0.25, 0.3) is 0 Å². The van der Waals surface area contributed by atoms with Gasteiger partial charge in [0.2, 0.25) is 5.91 Å². The molecule has 120 valence electrons. The molecule has 1 amide bonds. The molecule has 21 heavy (non-hydrogen) atoms. The number of likely N-dealkylation sites (tertiary alicyclic amines) is 1. The molecule has 3 fully saturated rings. The SMILES string of the molecule is O=C(C1CCOCC1)N1CCC[C@@H](CN2CCOCC2)C1. The molecule has 5 nitrogen and oxygen atoms in total. The topological polar surface area (TPSA) is 42.0 Å². The van der Waals surface area contributed by atoms with Crippen molar-refractivity contribution in [1.29, 1.82) is 0 Å². The first-order valence-corrected chi connectivity index (χ1v) is 8.49. The molecular formula is C16H28N2O3. The second-order valence-electron chi connectivity index (χ2n) is 6.59. The molecular weight excluding hydrogens is 268 g/mol. The van der Waals surface area contributed by atoms with Crippen molar-refractivity contribution in [3.8, 4) is 0 Å². The summed E-state index contributed by atoms with van der Waals surface area (Å²) < 4.78 is 10.8. The van der Waals surface area contributed by atoms with Crippen molar-refractivity contribution < 1.29 is 14.3 Å². The summed E-state index contributed by atoms with van der Waals surface area (Å²) in [6.07, 6.45) is 4.23. The van der Waals surface area contributed by atoms with Gasteiger partial charge in [0.15, 0.2) is 0 Å². The zero-order valence-corrected chi connectivity index (χ0v) is 13.0. The highest BCUT2D eigenvalue weighted by Crippen LogP contribution is 2.23. The third-order valence-electron chi connectivity index (χ3n) is 5.02. The Morgan fingerprint density at radius 2 is 1.67 bits per heavy atom. The maximum atomic E-state index is 12.6. The van der Waals surface area contributed by atoms with Crippen molar-refractivity contribution in [2.24, 2.45) is 11.8 Å². The third-order valence-corrected chi connectivity index (χ3v) is 5.02. The van der Waals surface area contributed by atoms with Gasteiger partial charge in [0.05, 0.1) is 13.2 Å². The Balaban J connectivity index is 1.48. The van der Waals surface area contributed by atoms with Crippen molar-refractivity contribution >= 4 is 5.91 Å². The Kier molecular flexibility index (Phi) is 5.49. The van der Waals surface area contributed by atoms with Crippen LogP contribution >= 0.6 is 0 Å². The molecule has 3 heterocycles. The van der Waals surface area contributed by atoms with E-state index in [4.69, 9.17) is 9.47 Å². The maximum absolute atomic E-state index is 12.6. The smallest absolute Gasteiger partial charge is 0.225 e. The highest BCUT2D eigenvalue weighted by molar-refractivity contribution is 5.79. The number of carbonyl (C=O) groups excluding carboxylic acids is 1. The minimum absolute atomic E-state index is 0.209. The number of hydrogen-bond acceptors (Lipinski definition) is 4. The van der Waals surface area contributed by atoms with Crippen LogP contribution in [0.2, 0.25) is 0 Å². The van der Waals surface area contributed by atoms with Crippen LogP contribution in [0.5, 0.6) is 0 Å². The number of ether oxygens (including phenoxy) is 2. The van der Waals surface area contributed by atoms with E-state index in [9.17, 15) is 4.79 Å².